The van der Waals surface area contributed by atoms with Crippen molar-refractivity contribution < 1.29 is 28.9 Å². The lowest BCUT2D eigenvalue weighted by atomic mass is 10.1. The molecule has 1 heterocycles. The number of ether oxygens (including phenoxy) is 3. The molecule has 0 aliphatic carbocycles. The van der Waals surface area contributed by atoms with Gasteiger partial charge in [0, 0.05) is 13.2 Å². The monoisotopic (exact) mass is 360 g/mol. The summed E-state index contributed by atoms with van der Waals surface area (Å²) in [5.41, 5.74) is 0.498. The molecule has 2 rings (SSSR count). The van der Waals surface area contributed by atoms with Crippen LogP contribution >= 0.6 is 0 Å². The molecule has 8 heteroatoms. The zero-order valence-corrected chi connectivity index (χ0v) is 14.4. The van der Waals surface area contributed by atoms with E-state index in [9.17, 15) is 14.9 Å². The van der Waals surface area contributed by atoms with Gasteiger partial charge in [0.05, 0.1) is 13.2 Å². The van der Waals surface area contributed by atoms with Gasteiger partial charge in [-0.3, -0.25) is 4.79 Å². The molecule has 1 saturated heterocycles. The van der Waals surface area contributed by atoms with E-state index in [0.29, 0.717) is 24.5 Å². The molecule has 1 aliphatic heterocycles. The van der Waals surface area contributed by atoms with Crippen molar-refractivity contribution in [3.63, 3.8) is 0 Å². The summed E-state index contributed by atoms with van der Waals surface area (Å²) in [6.07, 6.45) is 3.27. The smallest absolute Gasteiger partial charge is 0.341 e. The number of hydrogen-bond donors (Lipinski definition) is 2. The van der Waals surface area contributed by atoms with E-state index in [-0.39, 0.29) is 17.4 Å². The third kappa shape index (κ3) is 5.50. The molecule has 0 radical (unpaired) electrons. The van der Waals surface area contributed by atoms with Crippen LogP contribution in [0.1, 0.15) is 18.4 Å². The summed E-state index contributed by atoms with van der Waals surface area (Å²) >= 11 is 0. The maximum Gasteiger partial charge on any atom is 0.341 e. The second-order valence-corrected chi connectivity index (χ2v) is 5.61. The molecule has 1 aliphatic rings. The van der Waals surface area contributed by atoms with Gasteiger partial charge in [-0.15, -0.1) is 0 Å². The third-order valence-corrected chi connectivity index (χ3v) is 3.73. The average Bonchev–Trinajstić information content (AvgIpc) is 3.16. The zero-order chi connectivity index (χ0) is 18.9. The summed E-state index contributed by atoms with van der Waals surface area (Å²) in [6, 6.07) is 6.56. The van der Waals surface area contributed by atoms with Crippen molar-refractivity contribution in [2.45, 2.75) is 18.9 Å². The van der Waals surface area contributed by atoms with Crippen LogP contribution in [0, 0.1) is 11.3 Å². The molecular formula is C18H20N2O6. The van der Waals surface area contributed by atoms with E-state index < -0.39 is 18.5 Å². The van der Waals surface area contributed by atoms with E-state index in [1.807, 2.05) is 6.07 Å². The number of methoxy groups -OCH3 is 1. The Hall–Kier alpha value is -3.05. The molecule has 26 heavy (non-hydrogen) atoms. The first-order valence-corrected chi connectivity index (χ1v) is 8.07. The van der Waals surface area contributed by atoms with Gasteiger partial charge in [0.2, 0.25) is 0 Å². The number of hydrogen-bond acceptors (Lipinski definition) is 6. The first kappa shape index (κ1) is 19.3. The topological polar surface area (TPSA) is 118 Å². The minimum absolute atomic E-state index is 0.00958. The SMILES string of the molecule is COc1cc(C=C(C#N)C(=O)NCC2CCCO2)ccc1OCC(=O)O. The van der Waals surface area contributed by atoms with Crippen molar-refractivity contribution in [3.05, 3.63) is 29.3 Å². The highest BCUT2D eigenvalue weighted by molar-refractivity contribution is 6.01. The van der Waals surface area contributed by atoms with Gasteiger partial charge in [-0.05, 0) is 36.6 Å². The number of amides is 1. The van der Waals surface area contributed by atoms with Gasteiger partial charge in [-0.1, -0.05) is 6.07 Å². The Labute approximate surface area is 151 Å². The second-order valence-electron chi connectivity index (χ2n) is 5.61. The summed E-state index contributed by atoms with van der Waals surface area (Å²) in [5.74, 6) is -1.02. The van der Waals surface area contributed by atoms with Gasteiger partial charge >= 0.3 is 5.97 Å². The second kappa shape index (κ2) is 9.44. The quantitative estimate of drug-likeness (QED) is 0.531. The Morgan fingerprint density at radius 1 is 1.46 bits per heavy atom. The van der Waals surface area contributed by atoms with Crippen molar-refractivity contribution in [1.29, 1.82) is 5.26 Å². The van der Waals surface area contributed by atoms with Crippen LogP contribution in [0.2, 0.25) is 0 Å². The van der Waals surface area contributed by atoms with E-state index in [0.717, 1.165) is 12.8 Å². The number of nitrogens with one attached hydrogen (secondary N) is 1. The van der Waals surface area contributed by atoms with Crippen molar-refractivity contribution in [2.75, 3.05) is 26.9 Å². The molecular weight excluding hydrogens is 340 g/mol. The molecule has 2 N–H and O–H groups in total. The standard InChI is InChI=1S/C18H20N2O6/c1-24-16-8-12(4-5-15(16)26-11-17(21)22)7-13(9-19)18(23)20-10-14-3-2-6-25-14/h4-5,7-8,14H,2-3,6,10-11H2,1H3,(H,20,23)(H,21,22). The Kier molecular flexibility index (Phi) is 7.00. The number of rotatable bonds is 8. The van der Waals surface area contributed by atoms with Crippen molar-refractivity contribution in [1.82, 2.24) is 5.32 Å². The summed E-state index contributed by atoms with van der Waals surface area (Å²) in [5, 5.41) is 20.6. The van der Waals surface area contributed by atoms with E-state index >= 15 is 0 Å². The molecule has 1 aromatic carbocycles. The molecule has 8 nitrogen and oxygen atoms in total. The van der Waals surface area contributed by atoms with Gasteiger partial charge < -0.3 is 24.6 Å². The molecule has 0 saturated carbocycles. The van der Waals surface area contributed by atoms with Crippen molar-refractivity contribution in [3.8, 4) is 17.6 Å². The number of carboxylic acid groups (broad SMARTS) is 1. The molecule has 1 aromatic rings. The molecule has 1 fully saturated rings. The normalized spacial score (nSPS) is 16.6. The Morgan fingerprint density at radius 2 is 2.27 bits per heavy atom. The number of nitrogens with zero attached hydrogens (tertiary/aromatic N) is 1. The summed E-state index contributed by atoms with van der Waals surface area (Å²) in [7, 11) is 1.41. The minimum Gasteiger partial charge on any atom is -0.493 e. The maximum atomic E-state index is 12.2. The van der Waals surface area contributed by atoms with Crippen LogP contribution in [0.5, 0.6) is 11.5 Å². The number of carbonyl (C=O) groups is 2. The molecule has 0 spiro atoms. The molecule has 138 valence electrons. The maximum absolute atomic E-state index is 12.2. The van der Waals surface area contributed by atoms with Crippen LogP contribution in [0.3, 0.4) is 0 Å². The fourth-order valence-electron chi connectivity index (χ4n) is 2.46. The number of carboxylic acids is 1. The highest BCUT2D eigenvalue weighted by Crippen LogP contribution is 2.29. The predicted molar refractivity (Wildman–Crippen MR) is 91.7 cm³/mol. The van der Waals surface area contributed by atoms with Gasteiger partial charge in [0.15, 0.2) is 18.1 Å². The average molecular weight is 360 g/mol. The number of aliphatic carboxylic acids is 1. The van der Waals surface area contributed by atoms with Crippen LogP contribution in [0.4, 0.5) is 0 Å². The number of nitriles is 1. The predicted octanol–water partition coefficient (Wildman–Crippen LogP) is 1.36. The van der Waals surface area contributed by atoms with Crippen molar-refractivity contribution >= 4 is 18.0 Å². The van der Waals surface area contributed by atoms with Gasteiger partial charge in [-0.25, -0.2) is 4.79 Å². The lowest BCUT2D eigenvalue weighted by molar-refractivity contribution is -0.139. The van der Waals surface area contributed by atoms with Crippen LogP contribution < -0.4 is 14.8 Å². The van der Waals surface area contributed by atoms with E-state index in [4.69, 9.17) is 19.3 Å². The van der Waals surface area contributed by atoms with Crippen LogP contribution in [-0.4, -0.2) is 50.0 Å². The molecule has 1 unspecified atom stereocenters. The Morgan fingerprint density at radius 3 is 2.88 bits per heavy atom. The van der Waals surface area contributed by atoms with Gasteiger partial charge in [0.25, 0.3) is 5.91 Å². The number of benzene rings is 1. The summed E-state index contributed by atoms with van der Waals surface area (Å²) < 4.78 is 15.7. The van der Waals surface area contributed by atoms with Gasteiger partial charge in [-0.2, -0.15) is 5.26 Å². The van der Waals surface area contributed by atoms with E-state index in [1.54, 1.807) is 12.1 Å². The van der Waals surface area contributed by atoms with Gasteiger partial charge in [0.1, 0.15) is 11.6 Å². The fraction of sp³-hybridized carbons (Fsp3) is 0.389. The zero-order valence-electron chi connectivity index (χ0n) is 14.4. The highest BCUT2D eigenvalue weighted by atomic mass is 16.5. The van der Waals surface area contributed by atoms with Crippen LogP contribution in [-0.2, 0) is 14.3 Å². The van der Waals surface area contributed by atoms with Crippen LogP contribution in [0.25, 0.3) is 6.08 Å². The minimum atomic E-state index is -1.11. The number of carbonyl (C=O) groups excluding carboxylic acids is 1. The largest absolute Gasteiger partial charge is 0.493 e. The lowest BCUT2D eigenvalue weighted by Crippen LogP contribution is -2.32. The summed E-state index contributed by atoms with van der Waals surface area (Å²) in [4.78, 5) is 22.7. The summed E-state index contributed by atoms with van der Waals surface area (Å²) in [6.45, 7) is 0.557. The highest BCUT2D eigenvalue weighted by Gasteiger charge is 2.17. The van der Waals surface area contributed by atoms with Crippen LogP contribution in [0.15, 0.2) is 23.8 Å². The molecule has 0 aromatic heterocycles. The molecule has 1 amide bonds. The fourth-order valence-corrected chi connectivity index (χ4v) is 2.46. The molecule has 0 bridgehead atoms. The first-order chi connectivity index (χ1) is 12.5. The lowest BCUT2D eigenvalue weighted by Gasteiger charge is -2.11. The van der Waals surface area contributed by atoms with Crippen molar-refractivity contribution in [2.24, 2.45) is 0 Å². The Balaban J connectivity index is 2.07. The molecule has 1 atom stereocenters. The van der Waals surface area contributed by atoms with E-state index in [1.165, 1.54) is 19.3 Å². The van der Waals surface area contributed by atoms with E-state index in [2.05, 4.69) is 5.32 Å². The first-order valence-electron chi connectivity index (χ1n) is 8.07. The Bertz CT molecular complexity index is 732. The third-order valence-electron chi connectivity index (χ3n) is 3.73.